The second-order valence-corrected chi connectivity index (χ2v) is 5.27. The topological polar surface area (TPSA) is 118 Å². The smallest absolute Gasteiger partial charge is 0.343 e. The van der Waals surface area contributed by atoms with Crippen molar-refractivity contribution in [1.29, 1.82) is 5.26 Å². The fraction of sp³-hybridized carbons (Fsp3) is 0.250. The minimum Gasteiger partial charge on any atom is -0.452 e. The van der Waals surface area contributed by atoms with E-state index in [4.69, 9.17) is 9.15 Å². The van der Waals surface area contributed by atoms with Crippen LogP contribution in [0.5, 0.6) is 0 Å². The van der Waals surface area contributed by atoms with Crippen molar-refractivity contribution in [1.82, 2.24) is 14.8 Å². The molecule has 3 amide bonds. The molecule has 0 aliphatic carbocycles. The van der Waals surface area contributed by atoms with E-state index in [1.165, 1.54) is 6.92 Å². The Morgan fingerprint density at radius 3 is 2.72 bits per heavy atom. The summed E-state index contributed by atoms with van der Waals surface area (Å²) in [4.78, 5) is 36.6. The number of esters is 1. The number of hydrogen-bond donors (Lipinski definition) is 1. The van der Waals surface area contributed by atoms with E-state index >= 15 is 0 Å². The number of nitriles is 1. The van der Waals surface area contributed by atoms with Crippen molar-refractivity contribution >= 4 is 17.9 Å². The number of ether oxygens (including phenoxy) is 1. The van der Waals surface area contributed by atoms with Crippen molar-refractivity contribution < 1.29 is 23.5 Å². The number of urea groups is 1. The standard InChI is InChI=1S/C16H14N4O5/c1-10-13(11(8-17)14(25-10)19-5-2-3-6-19)15(22)24-9-12(21)20-7-4-18-16(20)23/h2-3,5-6H,4,7,9H2,1H3,(H,18,23). The van der Waals surface area contributed by atoms with Crippen LogP contribution in [0.1, 0.15) is 21.7 Å². The highest BCUT2D eigenvalue weighted by atomic mass is 16.5. The molecule has 2 aromatic heterocycles. The van der Waals surface area contributed by atoms with E-state index in [-0.39, 0.29) is 29.3 Å². The van der Waals surface area contributed by atoms with Crippen LogP contribution < -0.4 is 5.32 Å². The molecule has 1 saturated heterocycles. The van der Waals surface area contributed by atoms with Gasteiger partial charge in [0.1, 0.15) is 23.0 Å². The van der Waals surface area contributed by atoms with Gasteiger partial charge in [-0.1, -0.05) is 0 Å². The van der Waals surface area contributed by atoms with Gasteiger partial charge in [0.15, 0.2) is 6.61 Å². The molecule has 0 radical (unpaired) electrons. The number of hydrogen-bond acceptors (Lipinski definition) is 6. The summed E-state index contributed by atoms with van der Waals surface area (Å²) in [6, 6.07) is 4.90. The van der Waals surface area contributed by atoms with Crippen LogP contribution in [0.4, 0.5) is 4.79 Å². The maximum atomic E-state index is 12.3. The fourth-order valence-corrected chi connectivity index (χ4v) is 2.52. The molecule has 9 nitrogen and oxygen atoms in total. The number of furan rings is 1. The first-order valence-corrected chi connectivity index (χ1v) is 7.45. The predicted octanol–water partition coefficient (Wildman–Crippen LogP) is 0.959. The zero-order valence-corrected chi connectivity index (χ0v) is 13.3. The Morgan fingerprint density at radius 2 is 2.12 bits per heavy atom. The van der Waals surface area contributed by atoms with Crippen molar-refractivity contribution in [3.63, 3.8) is 0 Å². The zero-order chi connectivity index (χ0) is 18.0. The van der Waals surface area contributed by atoms with E-state index in [2.05, 4.69) is 5.32 Å². The minimum atomic E-state index is -0.857. The van der Waals surface area contributed by atoms with Gasteiger partial charge in [-0.05, 0) is 19.1 Å². The van der Waals surface area contributed by atoms with Gasteiger partial charge in [-0.2, -0.15) is 5.26 Å². The lowest BCUT2D eigenvalue weighted by Crippen LogP contribution is -2.37. The third-order valence-corrected chi connectivity index (χ3v) is 3.71. The van der Waals surface area contributed by atoms with Crippen LogP contribution in [0.3, 0.4) is 0 Å². The SMILES string of the molecule is Cc1oc(-n2cccc2)c(C#N)c1C(=O)OCC(=O)N1CCNC1=O. The number of nitrogens with one attached hydrogen (secondary N) is 1. The number of aryl methyl sites for hydroxylation is 1. The van der Waals surface area contributed by atoms with Gasteiger partial charge in [0.2, 0.25) is 5.88 Å². The summed E-state index contributed by atoms with van der Waals surface area (Å²) in [5.41, 5.74) is -0.0186. The number of imide groups is 1. The second-order valence-electron chi connectivity index (χ2n) is 5.27. The van der Waals surface area contributed by atoms with Gasteiger partial charge in [-0.15, -0.1) is 0 Å². The maximum Gasteiger partial charge on any atom is 0.343 e. The molecule has 1 aliphatic heterocycles. The van der Waals surface area contributed by atoms with Gasteiger partial charge in [0, 0.05) is 25.5 Å². The predicted molar refractivity (Wildman–Crippen MR) is 82.9 cm³/mol. The van der Waals surface area contributed by atoms with Crippen LogP contribution in [-0.4, -0.2) is 47.1 Å². The number of nitrogens with zero attached hydrogens (tertiary/aromatic N) is 3. The van der Waals surface area contributed by atoms with Crippen molar-refractivity contribution in [3.8, 4) is 12.0 Å². The molecule has 3 heterocycles. The highest BCUT2D eigenvalue weighted by Crippen LogP contribution is 2.26. The first-order chi connectivity index (χ1) is 12.0. The van der Waals surface area contributed by atoms with Gasteiger partial charge >= 0.3 is 12.0 Å². The quantitative estimate of drug-likeness (QED) is 0.827. The lowest BCUT2D eigenvalue weighted by atomic mass is 10.1. The molecule has 3 rings (SSSR count). The molecule has 1 aliphatic rings. The molecule has 0 unspecified atom stereocenters. The lowest BCUT2D eigenvalue weighted by molar-refractivity contribution is -0.130. The van der Waals surface area contributed by atoms with Gasteiger partial charge in [0.05, 0.1) is 0 Å². The van der Waals surface area contributed by atoms with Gasteiger partial charge in [-0.3, -0.25) is 14.3 Å². The van der Waals surface area contributed by atoms with E-state index in [0.717, 1.165) is 4.90 Å². The number of carbonyl (C=O) groups excluding carboxylic acids is 3. The summed E-state index contributed by atoms with van der Waals surface area (Å²) in [5, 5.41) is 11.9. The lowest BCUT2D eigenvalue weighted by Gasteiger charge is -2.11. The largest absolute Gasteiger partial charge is 0.452 e. The maximum absolute atomic E-state index is 12.3. The molecule has 128 valence electrons. The Bertz CT molecular complexity index is 875. The Balaban J connectivity index is 1.77. The van der Waals surface area contributed by atoms with E-state index < -0.39 is 24.5 Å². The van der Waals surface area contributed by atoms with Crippen molar-refractivity contribution in [2.24, 2.45) is 0 Å². The average molecular weight is 342 g/mol. The van der Waals surface area contributed by atoms with Gasteiger partial charge in [-0.25, -0.2) is 9.59 Å². The summed E-state index contributed by atoms with van der Waals surface area (Å²) < 4.78 is 12.0. The summed E-state index contributed by atoms with van der Waals surface area (Å²) in [5.74, 6) is -1.09. The molecular formula is C16H14N4O5. The molecule has 0 atom stereocenters. The number of amides is 3. The Hall–Kier alpha value is -3.54. The molecule has 0 aromatic carbocycles. The first-order valence-electron chi connectivity index (χ1n) is 7.45. The molecular weight excluding hydrogens is 328 g/mol. The molecule has 1 fully saturated rings. The monoisotopic (exact) mass is 342 g/mol. The fourth-order valence-electron chi connectivity index (χ4n) is 2.52. The molecule has 2 aromatic rings. The van der Waals surface area contributed by atoms with Gasteiger partial charge < -0.3 is 14.5 Å². The van der Waals surface area contributed by atoms with Crippen LogP contribution in [0.15, 0.2) is 28.9 Å². The van der Waals surface area contributed by atoms with Crippen molar-refractivity contribution in [3.05, 3.63) is 41.4 Å². The van der Waals surface area contributed by atoms with Crippen molar-refractivity contribution in [2.45, 2.75) is 6.92 Å². The summed E-state index contributed by atoms with van der Waals surface area (Å²) in [6.45, 7) is 1.51. The van der Waals surface area contributed by atoms with E-state index in [1.807, 2.05) is 6.07 Å². The number of carbonyl (C=O) groups is 3. The zero-order valence-electron chi connectivity index (χ0n) is 13.3. The van der Waals surface area contributed by atoms with Crippen LogP contribution >= 0.6 is 0 Å². The van der Waals surface area contributed by atoms with Crippen LogP contribution in [0.2, 0.25) is 0 Å². The summed E-state index contributed by atoms with van der Waals surface area (Å²) >= 11 is 0. The number of aromatic nitrogens is 1. The van der Waals surface area contributed by atoms with E-state index in [0.29, 0.717) is 6.54 Å². The Kier molecular flexibility index (Phi) is 4.26. The Labute approximate surface area is 142 Å². The normalized spacial score (nSPS) is 13.4. The van der Waals surface area contributed by atoms with Gasteiger partial charge in [0.25, 0.3) is 5.91 Å². The van der Waals surface area contributed by atoms with Crippen LogP contribution in [-0.2, 0) is 9.53 Å². The first kappa shape index (κ1) is 16.3. The minimum absolute atomic E-state index is 0.0186. The number of rotatable bonds is 4. The van der Waals surface area contributed by atoms with Crippen LogP contribution in [0.25, 0.3) is 5.88 Å². The average Bonchev–Trinajstić information content (AvgIpc) is 3.31. The highest BCUT2D eigenvalue weighted by molar-refractivity contribution is 5.99. The summed E-state index contributed by atoms with van der Waals surface area (Å²) in [7, 11) is 0. The molecule has 0 saturated carbocycles. The molecule has 1 N–H and O–H groups in total. The van der Waals surface area contributed by atoms with Crippen molar-refractivity contribution in [2.75, 3.05) is 19.7 Å². The molecule has 9 heteroatoms. The molecule has 0 bridgehead atoms. The highest BCUT2D eigenvalue weighted by Gasteiger charge is 2.29. The summed E-state index contributed by atoms with van der Waals surface area (Å²) in [6.07, 6.45) is 3.34. The Morgan fingerprint density at radius 1 is 1.40 bits per heavy atom. The van der Waals surface area contributed by atoms with Crippen LogP contribution in [0, 0.1) is 18.3 Å². The molecule has 0 spiro atoms. The molecule has 25 heavy (non-hydrogen) atoms. The third-order valence-electron chi connectivity index (χ3n) is 3.71. The van der Waals surface area contributed by atoms with E-state index in [1.54, 1.807) is 29.1 Å². The second kappa shape index (κ2) is 6.52. The third kappa shape index (κ3) is 2.97. The van der Waals surface area contributed by atoms with E-state index in [9.17, 15) is 19.6 Å².